The average Bonchev–Trinajstić information content (AvgIpc) is 3.11. The summed E-state index contributed by atoms with van der Waals surface area (Å²) in [5.41, 5.74) is 2.52. The summed E-state index contributed by atoms with van der Waals surface area (Å²) in [7, 11) is 0. The largest absolute Gasteiger partial charge is 0.305 e. The van der Waals surface area contributed by atoms with Crippen LogP contribution in [0, 0.1) is 6.92 Å². The fraction of sp³-hybridized carbons (Fsp3) is 0.0714. The molecule has 0 aliphatic heterocycles. The molecule has 0 aromatic carbocycles. The highest BCUT2D eigenvalue weighted by Gasteiger charge is 2.12. The van der Waals surface area contributed by atoms with Crippen LogP contribution in [0.25, 0.3) is 10.6 Å². The topological polar surface area (TPSA) is 54.9 Å². The SMILES string of the molecule is Cc1ccc(NC(=O)c2csc(-c3ccsc3)n2)nc1. The number of thiophene rings is 1. The van der Waals surface area contributed by atoms with Gasteiger partial charge in [0.25, 0.3) is 5.91 Å². The van der Waals surface area contributed by atoms with Gasteiger partial charge in [-0.15, -0.1) is 11.3 Å². The lowest BCUT2D eigenvalue weighted by atomic mass is 10.3. The van der Waals surface area contributed by atoms with Crippen molar-refractivity contribution in [2.24, 2.45) is 0 Å². The first-order chi connectivity index (χ1) is 9.72. The van der Waals surface area contributed by atoms with Crippen LogP contribution < -0.4 is 5.32 Å². The first-order valence-corrected chi connectivity index (χ1v) is 7.77. The van der Waals surface area contributed by atoms with Gasteiger partial charge < -0.3 is 5.32 Å². The molecule has 0 saturated heterocycles. The molecule has 0 spiro atoms. The molecule has 3 aromatic heterocycles. The minimum atomic E-state index is -0.237. The van der Waals surface area contributed by atoms with Crippen LogP contribution in [0.4, 0.5) is 5.82 Å². The van der Waals surface area contributed by atoms with Gasteiger partial charge in [0.05, 0.1) is 0 Å². The van der Waals surface area contributed by atoms with E-state index in [0.717, 1.165) is 16.1 Å². The molecule has 0 aliphatic rings. The van der Waals surface area contributed by atoms with Crippen LogP contribution >= 0.6 is 22.7 Å². The Hall–Kier alpha value is -2.05. The standard InChI is InChI=1S/C14H11N3OS2/c1-9-2-3-12(15-6-9)17-13(18)11-8-20-14(16-11)10-4-5-19-7-10/h2-8H,1H3,(H,15,17,18). The maximum absolute atomic E-state index is 12.1. The van der Waals surface area contributed by atoms with Gasteiger partial charge in [-0.3, -0.25) is 4.79 Å². The summed E-state index contributed by atoms with van der Waals surface area (Å²) in [6.45, 7) is 1.95. The molecule has 3 heterocycles. The molecule has 0 radical (unpaired) electrons. The smallest absolute Gasteiger partial charge is 0.276 e. The van der Waals surface area contributed by atoms with Crippen molar-refractivity contribution < 1.29 is 4.79 Å². The van der Waals surface area contributed by atoms with E-state index in [1.807, 2.05) is 29.8 Å². The monoisotopic (exact) mass is 301 g/mol. The lowest BCUT2D eigenvalue weighted by Gasteiger charge is -2.01. The molecule has 20 heavy (non-hydrogen) atoms. The average molecular weight is 301 g/mol. The Bertz CT molecular complexity index is 717. The lowest BCUT2D eigenvalue weighted by molar-refractivity contribution is 0.102. The van der Waals surface area contributed by atoms with Gasteiger partial charge >= 0.3 is 0 Å². The van der Waals surface area contributed by atoms with Gasteiger partial charge in [0, 0.05) is 22.5 Å². The zero-order valence-corrected chi connectivity index (χ0v) is 12.3. The van der Waals surface area contributed by atoms with E-state index in [1.54, 1.807) is 29.0 Å². The molecule has 3 aromatic rings. The van der Waals surface area contributed by atoms with Gasteiger partial charge in [-0.05, 0) is 30.0 Å². The second kappa shape index (κ2) is 5.52. The third kappa shape index (κ3) is 2.76. The molecule has 1 amide bonds. The molecule has 0 aliphatic carbocycles. The minimum absolute atomic E-state index is 0.237. The van der Waals surface area contributed by atoms with E-state index in [4.69, 9.17) is 0 Å². The molecule has 0 unspecified atom stereocenters. The number of carbonyl (C=O) groups excluding carboxylic acids is 1. The first-order valence-electron chi connectivity index (χ1n) is 5.94. The van der Waals surface area contributed by atoms with Gasteiger partial charge in [0.2, 0.25) is 0 Å². The summed E-state index contributed by atoms with van der Waals surface area (Å²) in [6, 6.07) is 5.67. The second-order valence-electron chi connectivity index (χ2n) is 4.22. The molecule has 0 saturated carbocycles. The number of hydrogen-bond acceptors (Lipinski definition) is 5. The summed E-state index contributed by atoms with van der Waals surface area (Å²) < 4.78 is 0. The van der Waals surface area contributed by atoms with Gasteiger partial charge in [-0.1, -0.05) is 6.07 Å². The number of nitrogens with zero attached hydrogens (tertiary/aromatic N) is 2. The third-order valence-electron chi connectivity index (χ3n) is 2.66. The summed E-state index contributed by atoms with van der Waals surface area (Å²) in [6.07, 6.45) is 1.72. The Morgan fingerprint density at radius 3 is 2.85 bits per heavy atom. The number of anilines is 1. The summed E-state index contributed by atoms with van der Waals surface area (Å²) >= 11 is 3.08. The molecule has 1 N–H and O–H groups in total. The van der Waals surface area contributed by atoms with Crippen molar-refractivity contribution >= 4 is 34.4 Å². The van der Waals surface area contributed by atoms with Gasteiger partial charge in [-0.2, -0.15) is 11.3 Å². The molecule has 3 rings (SSSR count). The second-order valence-corrected chi connectivity index (χ2v) is 5.86. The Morgan fingerprint density at radius 2 is 2.15 bits per heavy atom. The van der Waals surface area contributed by atoms with E-state index in [2.05, 4.69) is 15.3 Å². The van der Waals surface area contributed by atoms with Crippen LogP contribution in [0.3, 0.4) is 0 Å². The number of pyridine rings is 1. The summed E-state index contributed by atoms with van der Waals surface area (Å²) in [5, 5.41) is 9.36. The highest BCUT2D eigenvalue weighted by atomic mass is 32.1. The van der Waals surface area contributed by atoms with E-state index >= 15 is 0 Å². The molecule has 100 valence electrons. The predicted octanol–water partition coefficient (Wildman–Crippen LogP) is 3.83. The van der Waals surface area contributed by atoms with Crippen LogP contribution in [0.1, 0.15) is 16.1 Å². The zero-order chi connectivity index (χ0) is 13.9. The van der Waals surface area contributed by atoms with Crippen LogP contribution in [-0.4, -0.2) is 15.9 Å². The van der Waals surface area contributed by atoms with Crippen LogP contribution in [0.15, 0.2) is 40.5 Å². The highest BCUT2D eigenvalue weighted by Crippen LogP contribution is 2.25. The van der Waals surface area contributed by atoms with Crippen molar-refractivity contribution in [1.82, 2.24) is 9.97 Å². The van der Waals surface area contributed by atoms with Crippen LogP contribution in [-0.2, 0) is 0 Å². The number of hydrogen-bond donors (Lipinski definition) is 1. The Labute approximate surface area is 124 Å². The number of aromatic nitrogens is 2. The first kappa shape index (κ1) is 13.0. The van der Waals surface area contributed by atoms with Crippen molar-refractivity contribution in [1.29, 1.82) is 0 Å². The maximum Gasteiger partial charge on any atom is 0.276 e. The Morgan fingerprint density at radius 1 is 1.25 bits per heavy atom. The molecule has 0 bridgehead atoms. The summed E-state index contributed by atoms with van der Waals surface area (Å²) in [4.78, 5) is 20.6. The lowest BCUT2D eigenvalue weighted by Crippen LogP contribution is -2.13. The maximum atomic E-state index is 12.1. The number of carbonyl (C=O) groups is 1. The van der Waals surface area contributed by atoms with Crippen LogP contribution in [0.5, 0.6) is 0 Å². The predicted molar refractivity (Wildman–Crippen MR) is 82.4 cm³/mol. The molecule has 6 heteroatoms. The Balaban J connectivity index is 1.76. The van der Waals surface area contributed by atoms with E-state index < -0.39 is 0 Å². The normalized spacial score (nSPS) is 10.4. The minimum Gasteiger partial charge on any atom is -0.305 e. The highest BCUT2D eigenvalue weighted by molar-refractivity contribution is 7.14. The van der Waals surface area contributed by atoms with E-state index in [-0.39, 0.29) is 5.91 Å². The zero-order valence-electron chi connectivity index (χ0n) is 10.7. The third-order valence-corrected chi connectivity index (χ3v) is 4.23. The molecule has 0 fully saturated rings. The Kier molecular flexibility index (Phi) is 3.58. The van der Waals surface area contributed by atoms with E-state index in [0.29, 0.717) is 11.5 Å². The van der Waals surface area contributed by atoms with Gasteiger partial charge in [0.15, 0.2) is 0 Å². The van der Waals surface area contributed by atoms with Crippen molar-refractivity contribution in [3.8, 4) is 10.6 Å². The van der Waals surface area contributed by atoms with Crippen molar-refractivity contribution in [2.75, 3.05) is 5.32 Å². The molecule has 4 nitrogen and oxygen atoms in total. The fourth-order valence-corrected chi connectivity index (χ4v) is 3.13. The van der Waals surface area contributed by atoms with E-state index in [9.17, 15) is 4.79 Å². The molecular formula is C14H11N3OS2. The van der Waals surface area contributed by atoms with Crippen LogP contribution in [0.2, 0.25) is 0 Å². The number of aryl methyl sites for hydroxylation is 1. The number of amides is 1. The van der Waals surface area contributed by atoms with E-state index in [1.165, 1.54) is 11.3 Å². The quantitative estimate of drug-likeness (QED) is 0.800. The van der Waals surface area contributed by atoms with Crippen molar-refractivity contribution in [3.63, 3.8) is 0 Å². The van der Waals surface area contributed by atoms with Gasteiger partial charge in [0.1, 0.15) is 16.5 Å². The summed E-state index contributed by atoms with van der Waals surface area (Å²) in [5.74, 6) is 0.296. The van der Waals surface area contributed by atoms with Gasteiger partial charge in [-0.25, -0.2) is 9.97 Å². The van der Waals surface area contributed by atoms with Crippen molar-refractivity contribution in [2.45, 2.75) is 6.92 Å². The number of thiazole rings is 1. The molecule has 0 atom stereocenters. The van der Waals surface area contributed by atoms with Crippen molar-refractivity contribution in [3.05, 3.63) is 51.8 Å². The molecular weight excluding hydrogens is 290 g/mol. The number of nitrogens with one attached hydrogen (secondary N) is 1. The number of rotatable bonds is 3. The fourth-order valence-electron chi connectivity index (χ4n) is 1.62.